The van der Waals surface area contributed by atoms with Gasteiger partial charge in [0.15, 0.2) is 0 Å². The van der Waals surface area contributed by atoms with Crippen molar-refractivity contribution in [2.45, 2.75) is 13.0 Å². The molecule has 1 aliphatic rings. The molecule has 0 fully saturated rings. The maximum atomic E-state index is 13.1. The van der Waals surface area contributed by atoms with E-state index in [-0.39, 0.29) is 18.2 Å². The molecule has 28 heavy (non-hydrogen) atoms. The van der Waals surface area contributed by atoms with E-state index in [1.54, 1.807) is 46.5 Å². The Bertz CT molecular complexity index is 1000. The molecule has 0 radical (unpaired) electrons. The Morgan fingerprint density at radius 2 is 1.75 bits per heavy atom. The van der Waals surface area contributed by atoms with E-state index in [1.165, 1.54) is 0 Å². The maximum absolute atomic E-state index is 13.1. The molecule has 0 bridgehead atoms. The van der Waals surface area contributed by atoms with Crippen LogP contribution in [0.2, 0.25) is 0 Å². The minimum atomic E-state index is -0.150. The van der Waals surface area contributed by atoms with Gasteiger partial charge in [0.2, 0.25) is 5.91 Å². The van der Waals surface area contributed by atoms with Crippen molar-refractivity contribution < 1.29 is 9.59 Å². The van der Waals surface area contributed by atoms with Gasteiger partial charge in [0, 0.05) is 36.6 Å². The Kier molecular flexibility index (Phi) is 4.76. The number of benzene rings is 2. The quantitative estimate of drug-likeness (QED) is 0.716. The van der Waals surface area contributed by atoms with E-state index in [0.29, 0.717) is 24.3 Å². The van der Waals surface area contributed by atoms with Crippen molar-refractivity contribution in [1.82, 2.24) is 4.98 Å². The van der Waals surface area contributed by atoms with Gasteiger partial charge in [-0.25, -0.2) is 0 Å². The van der Waals surface area contributed by atoms with E-state index in [2.05, 4.69) is 4.98 Å². The average Bonchev–Trinajstić information content (AvgIpc) is 2.86. The van der Waals surface area contributed by atoms with Gasteiger partial charge in [-0.1, -0.05) is 18.2 Å². The maximum Gasteiger partial charge on any atom is 0.258 e. The van der Waals surface area contributed by atoms with Crippen LogP contribution in [0, 0.1) is 0 Å². The number of pyridine rings is 1. The van der Waals surface area contributed by atoms with Gasteiger partial charge in [0.25, 0.3) is 5.91 Å². The van der Waals surface area contributed by atoms with Crippen LogP contribution in [0.15, 0.2) is 73.1 Å². The summed E-state index contributed by atoms with van der Waals surface area (Å²) in [5, 5.41) is 0. The predicted molar refractivity (Wildman–Crippen MR) is 109 cm³/mol. The van der Waals surface area contributed by atoms with Crippen LogP contribution in [-0.4, -0.2) is 23.3 Å². The second kappa shape index (κ2) is 7.52. The van der Waals surface area contributed by atoms with Gasteiger partial charge in [-0.15, -0.1) is 0 Å². The molecule has 0 atom stereocenters. The number of hydrogen-bond donors (Lipinski definition) is 1. The lowest BCUT2D eigenvalue weighted by Crippen LogP contribution is -2.32. The van der Waals surface area contributed by atoms with Gasteiger partial charge in [-0.3, -0.25) is 14.6 Å². The summed E-state index contributed by atoms with van der Waals surface area (Å²) in [4.78, 5) is 33.6. The second-order valence-corrected chi connectivity index (χ2v) is 6.66. The van der Waals surface area contributed by atoms with Crippen LogP contribution in [-0.2, 0) is 11.3 Å². The molecule has 6 nitrogen and oxygen atoms in total. The lowest BCUT2D eigenvalue weighted by atomic mass is 10.1. The van der Waals surface area contributed by atoms with E-state index in [4.69, 9.17) is 5.73 Å². The van der Waals surface area contributed by atoms with Crippen molar-refractivity contribution in [1.29, 1.82) is 0 Å². The highest BCUT2D eigenvalue weighted by molar-refractivity contribution is 6.11. The Labute approximate surface area is 163 Å². The van der Waals surface area contributed by atoms with Crippen molar-refractivity contribution in [2.24, 2.45) is 0 Å². The number of para-hydroxylation sites is 2. The number of hydrogen-bond acceptors (Lipinski definition) is 4. The molecule has 0 saturated carbocycles. The topological polar surface area (TPSA) is 79.5 Å². The monoisotopic (exact) mass is 372 g/mol. The molecule has 140 valence electrons. The highest BCUT2D eigenvalue weighted by Gasteiger charge is 2.29. The molecule has 1 aliphatic heterocycles. The Hall–Kier alpha value is -3.67. The highest BCUT2D eigenvalue weighted by atomic mass is 16.2. The Balaban J connectivity index is 1.72. The molecule has 0 unspecified atom stereocenters. The van der Waals surface area contributed by atoms with Crippen molar-refractivity contribution in [3.05, 3.63) is 84.2 Å². The van der Waals surface area contributed by atoms with Crippen molar-refractivity contribution in [3.63, 3.8) is 0 Å². The average molecular weight is 372 g/mol. The van der Waals surface area contributed by atoms with Crippen LogP contribution < -0.4 is 15.5 Å². The van der Waals surface area contributed by atoms with Gasteiger partial charge in [-0.05, 0) is 48.0 Å². The smallest absolute Gasteiger partial charge is 0.258 e. The number of nitrogens with two attached hydrogens (primary N) is 1. The number of aromatic nitrogens is 1. The van der Waals surface area contributed by atoms with Crippen LogP contribution >= 0.6 is 0 Å². The Morgan fingerprint density at radius 3 is 2.46 bits per heavy atom. The molecule has 2 aromatic carbocycles. The number of rotatable bonds is 3. The van der Waals surface area contributed by atoms with E-state index in [1.807, 2.05) is 36.4 Å². The summed E-state index contributed by atoms with van der Waals surface area (Å²) in [6, 6.07) is 18.1. The van der Waals surface area contributed by atoms with Gasteiger partial charge in [0.05, 0.1) is 17.9 Å². The fraction of sp³-hybridized carbons (Fsp3) is 0.136. The third-order valence-corrected chi connectivity index (χ3v) is 4.78. The lowest BCUT2D eigenvalue weighted by molar-refractivity contribution is -0.118. The minimum absolute atomic E-state index is 0.0242. The largest absolute Gasteiger partial charge is 0.399 e. The third-order valence-electron chi connectivity index (χ3n) is 4.78. The normalized spacial score (nSPS) is 13.8. The molecule has 6 heteroatoms. The summed E-state index contributed by atoms with van der Waals surface area (Å²) in [6.45, 7) is 0.732. The summed E-state index contributed by atoms with van der Waals surface area (Å²) >= 11 is 0. The van der Waals surface area contributed by atoms with Crippen molar-refractivity contribution in [2.75, 3.05) is 22.1 Å². The third kappa shape index (κ3) is 3.44. The van der Waals surface area contributed by atoms with Gasteiger partial charge < -0.3 is 15.5 Å². The molecule has 0 saturated heterocycles. The SMILES string of the molecule is Nc1ccc(C(=O)N2CCC(=O)N(Cc3cccnc3)c3ccccc32)cc1. The summed E-state index contributed by atoms with van der Waals surface area (Å²) in [6.07, 6.45) is 3.70. The van der Waals surface area contributed by atoms with Gasteiger partial charge in [-0.2, -0.15) is 0 Å². The van der Waals surface area contributed by atoms with Crippen molar-refractivity contribution >= 4 is 28.9 Å². The molecule has 4 rings (SSSR count). The number of nitrogens with zero attached hydrogens (tertiary/aromatic N) is 3. The van der Waals surface area contributed by atoms with Crippen LogP contribution in [0.25, 0.3) is 0 Å². The number of amides is 2. The molecule has 1 aromatic heterocycles. The molecule has 2 heterocycles. The zero-order valence-corrected chi connectivity index (χ0v) is 15.3. The minimum Gasteiger partial charge on any atom is -0.399 e. The predicted octanol–water partition coefficient (Wildman–Crippen LogP) is 3.25. The van der Waals surface area contributed by atoms with Gasteiger partial charge >= 0.3 is 0 Å². The van der Waals surface area contributed by atoms with Crippen molar-refractivity contribution in [3.8, 4) is 0 Å². The highest BCUT2D eigenvalue weighted by Crippen LogP contribution is 2.34. The first-order valence-corrected chi connectivity index (χ1v) is 9.09. The standard InChI is InChI=1S/C22H20N4O2/c23-18-9-7-17(8-10-18)22(28)25-13-11-21(27)26(15-16-4-3-12-24-14-16)20-6-2-1-5-19(20)25/h1-10,12,14H,11,13,15,23H2. The molecule has 0 aliphatic carbocycles. The van der Waals surface area contributed by atoms with Crippen LogP contribution in [0.3, 0.4) is 0 Å². The molecule has 2 N–H and O–H groups in total. The van der Waals surface area contributed by atoms with E-state index in [9.17, 15) is 9.59 Å². The lowest BCUT2D eigenvalue weighted by Gasteiger charge is -2.25. The fourth-order valence-electron chi connectivity index (χ4n) is 3.36. The van der Waals surface area contributed by atoms with E-state index in [0.717, 1.165) is 16.9 Å². The van der Waals surface area contributed by atoms with E-state index >= 15 is 0 Å². The summed E-state index contributed by atoms with van der Waals surface area (Å²) < 4.78 is 0. The number of anilines is 3. The number of nitrogen functional groups attached to an aromatic ring is 1. The zero-order chi connectivity index (χ0) is 19.5. The fourth-order valence-corrected chi connectivity index (χ4v) is 3.36. The molecule has 3 aromatic rings. The number of carbonyl (C=O) groups is 2. The molecular formula is C22H20N4O2. The van der Waals surface area contributed by atoms with Crippen LogP contribution in [0.1, 0.15) is 22.3 Å². The summed E-state index contributed by atoms with van der Waals surface area (Å²) in [5.41, 5.74) is 9.25. The first-order valence-electron chi connectivity index (χ1n) is 9.09. The second-order valence-electron chi connectivity index (χ2n) is 6.66. The molecule has 0 spiro atoms. The van der Waals surface area contributed by atoms with Crippen LogP contribution in [0.4, 0.5) is 17.1 Å². The Morgan fingerprint density at radius 1 is 1.00 bits per heavy atom. The molecule has 2 amide bonds. The number of fused-ring (bicyclic) bond motifs is 1. The van der Waals surface area contributed by atoms with E-state index < -0.39 is 0 Å². The summed E-state index contributed by atoms with van der Waals surface area (Å²) in [7, 11) is 0. The summed E-state index contributed by atoms with van der Waals surface area (Å²) in [5.74, 6) is -0.174. The molecular weight excluding hydrogens is 352 g/mol. The first-order chi connectivity index (χ1) is 13.6. The van der Waals surface area contributed by atoms with Gasteiger partial charge in [0.1, 0.15) is 0 Å². The number of carbonyl (C=O) groups excluding carboxylic acids is 2. The van der Waals surface area contributed by atoms with Crippen LogP contribution in [0.5, 0.6) is 0 Å². The first kappa shape index (κ1) is 17.7. The zero-order valence-electron chi connectivity index (χ0n) is 15.3.